The summed E-state index contributed by atoms with van der Waals surface area (Å²) in [6.07, 6.45) is 24.8. The van der Waals surface area contributed by atoms with Gasteiger partial charge in [0.1, 0.15) is 5.78 Å². The van der Waals surface area contributed by atoms with Crippen LogP contribution in [0.15, 0.2) is 0 Å². The molecule has 2 atom stereocenters. The van der Waals surface area contributed by atoms with Gasteiger partial charge in [-0.3, -0.25) is 13.8 Å². The predicted octanol–water partition coefficient (Wildman–Crippen LogP) is 7.73. The van der Waals surface area contributed by atoms with Crippen LogP contribution >= 0.6 is 7.82 Å². The minimum Gasteiger partial charge on any atom is -0.349 e. The zero-order valence-corrected chi connectivity index (χ0v) is 25.0. The van der Waals surface area contributed by atoms with Crippen molar-refractivity contribution in [3.63, 3.8) is 0 Å². The Morgan fingerprint density at radius 3 is 1.72 bits per heavy atom. The van der Waals surface area contributed by atoms with Gasteiger partial charge in [-0.2, -0.15) is 0 Å². The number of quaternary nitrogens is 1. The van der Waals surface area contributed by atoms with Gasteiger partial charge in [0.2, 0.25) is 0 Å². The molecule has 0 heterocycles. The third kappa shape index (κ3) is 25.4. The fourth-order valence-corrected chi connectivity index (χ4v) is 5.39. The number of carbonyl (C=O) groups excluding carboxylic acids is 1. The summed E-state index contributed by atoms with van der Waals surface area (Å²) in [4.78, 5) is 21.9. The first-order valence-electron chi connectivity index (χ1n) is 15.4. The molecule has 0 bridgehead atoms. The first-order valence-corrected chi connectivity index (χ1v) is 16.9. The van der Waals surface area contributed by atoms with Crippen LogP contribution < -0.4 is 5.32 Å². The van der Waals surface area contributed by atoms with Crippen molar-refractivity contribution in [2.75, 3.05) is 26.8 Å². The van der Waals surface area contributed by atoms with Crippen molar-refractivity contribution in [1.82, 2.24) is 0 Å². The van der Waals surface area contributed by atoms with Gasteiger partial charge < -0.3 is 10.2 Å². The van der Waals surface area contributed by atoms with E-state index in [1.54, 1.807) is 0 Å². The van der Waals surface area contributed by atoms with Crippen LogP contribution in [0.4, 0.5) is 0 Å². The number of hydrogen-bond acceptors (Lipinski definition) is 4. The maximum Gasteiger partial charge on any atom is 0.472 e. The molecule has 0 saturated heterocycles. The quantitative estimate of drug-likeness (QED) is 0.0757. The summed E-state index contributed by atoms with van der Waals surface area (Å²) in [5.74, 6) is 0.174. The van der Waals surface area contributed by atoms with Gasteiger partial charge in [0.25, 0.3) is 0 Å². The van der Waals surface area contributed by atoms with E-state index in [4.69, 9.17) is 9.05 Å². The van der Waals surface area contributed by atoms with Crippen LogP contribution in [0, 0.1) is 5.92 Å². The van der Waals surface area contributed by atoms with Gasteiger partial charge in [0, 0.05) is 12.8 Å². The monoisotopic (exact) mass is 534 g/mol. The van der Waals surface area contributed by atoms with E-state index in [0.717, 1.165) is 38.6 Å². The number of phosphoric acid groups is 1. The number of unbranched alkanes of at least 4 members (excludes halogenated alkanes) is 16. The number of hydrogen-bond donors (Lipinski definition) is 2. The normalized spacial score (nSPS) is 14.1. The van der Waals surface area contributed by atoms with Crippen molar-refractivity contribution in [2.24, 2.45) is 5.92 Å². The summed E-state index contributed by atoms with van der Waals surface area (Å²) in [7, 11) is -2.05. The maximum atomic E-state index is 12.1. The molecule has 0 fully saturated rings. The highest BCUT2D eigenvalue weighted by Gasteiger charge is 2.24. The predicted molar refractivity (Wildman–Crippen MR) is 151 cm³/mol. The molecular weight excluding hydrogens is 473 g/mol. The van der Waals surface area contributed by atoms with Gasteiger partial charge in [-0.1, -0.05) is 117 Å². The minimum atomic E-state index is -4.04. The summed E-state index contributed by atoms with van der Waals surface area (Å²) < 4.78 is 22.5. The Balaban J connectivity index is 3.82. The zero-order chi connectivity index (χ0) is 26.7. The molecule has 0 saturated carbocycles. The van der Waals surface area contributed by atoms with Crippen molar-refractivity contribution in [1.29, 1.82) is 0 Å². The number of Topliss-reactive ketones (excluding diaryl/α,β-unsaturated/α-hetero) is 1. The lowest BCUT2D eigenvalue weighted by atomic mass is 9.95. The van der Waals surface area contributed by atoms with Crippen molar-refractivity contribution in [3.8, 4) is 0 Å². The van der Waals surface area contributed by atoms with Crippen LogP contribution in [0.5, 0.6) is 0 Å². The van der Waals surface area contributed by atoms with E-state index in [9.17, 15) is 14.3 Å². The lowest BCUT2D eigenvalue weighted by Gasteiger charge is -2.18. The number of rotatable bonds is 29. The topological polar surface area (TPSA) is 89.4 Å². The van der Waals surface area contributed by atoms with Crippen LogP contribution in [-0.2, 0) is 18.4 Å². The fourth-order valence-electron chi connectivity index (χ4n) is 4.56. The van der Waals surface area contributed by atoms with Crippen LogP contribution in [0.3, 0.4) is 0 Å². The average Bonchev–Trinajstić information content (AvgIpc) is 2.86. The molecule has 216 valence electrons. The van der Waals surface area contributed by atoms with E-state index in [0.29, 0.717) is 12.8 Å². The van der Waals surface area contributed by atoms with E-state index < -0.39 is 7.82 Å². The Morgan fingerprint density at radius 2 is 1.25 bits per heavy atom. The third-order valence-electron chi connectivity index (χ3n) is 6.99. The van der Waals surface area contributed by atoms with Gasteiger partial charge in [-0.25, -0.2) is 4.57 Å². The van der Waals surface area contributed by atoms with Crippen LogP contribution in [0.2, 0.25) is 0 Å². The molecule has 6 nitrogen and oxygen atoms in total. The van der Waals surface area contributed by atoms with Gasteiger partial charge in [0.05, 0.1) is 26.8 Å². The summed E-state index contributed by atoms with van der Waals surface area (Å²) >= 11 is 0. The van der Waals surface area contributed by atoms with E-state index in [-0.39, 0.29) is 24.9 Å². The maximum absolute atomic E-state index is 12.1. The molecule has 0 amide bonds. The smallest absolute Gasteiger partial charge is 0.349 e. The first-order chi connectivity index (χ1) is 17.4. The molecule has 2 unspecified atom stereocenters. The van der Waals surface area contributed by atoms with Crippen molar-refractivity contribution in [3.05, 3.63) is 0 Å². The molecule has 3 N–H and O–H groups in total. The third-order valence-corrected chi connectivity index (χ3v) is 7.98. The Bertz CT molecular complexity index is 532. The van der Waals surface area contributed by atoms with E-state index in [1.807, 2.05) is 14.0 Å². The number of nitrogens with two attached hydrogens (primary N) is 1. The lowest BCUT2D eigenvalue weighted by molar-refractivity contribution is -0.627. The highest BCUT2D eigenvalue weighted by atomic mass is 31.2. The molecule has 0 aromatic rings. The van der Waals surface area contributed by atoms with Crippen molar-refractivity contribution < 1.29 is 28.6 Å². The largest absolute Gasteiger partial charge is 0.472 e. The molecule has 0 aromatic carbocycles. The second-order valence-corrected chi connectivity index (χ2v) is 12.0. The Kier molecular flexibility index (Phi) is 26.2. The van der Waals surface area contributed by atoms with Crippen LogP contribution in [0.25, 0.3) is 0 Å². The molecule has 36 heavy (non-hydrogen) atoms. The SMILES string of the molecule is CCCCCCCCCCCCCCCCCCC(COP(=O)(O)OCCCC[NH2+]C)CC(=O)CC. The highest BCUT2D eigenvalue weighted by molar-refractivity contribution is 7.47. The highest BCUT2D eigenvalue weighted by Crippen LogP contribution is 2.44. The van der Waals surface area contributed by atoms with Crippen LogP contribution in [-0.4, -0.2) is 37.5 Å². The van der Waals surface area contributed by atoms with E-state index in [1.165, 1.54) is 89.9 Å². The zero-order valence-electron chi connectivity index (χ0n) is 24.2. The van der Waals surface area contributed by atoms with Crippen LogP contribution in [0.1, 0.15) is 149 Å². The Morgan fingerprint density at radius 1 is 0.750 bits per heavy atom. The molecule has 0 aliphatic heterocycles. The lowest BCUT2D eigenvalue weighted by Crippen LogP contribution is -2.79. The second kappa shape index (κ2) is 26.4. The summed E-state index contributed by atoms with van der Waals surface area (Å²) in [6.45, 7) is 5.44. The molecule has 0 aromatic heterocycles. The van der Waals surface area contributed by atoms with Crippen molar-refractivity contribution >= 4 is 13.6 Å². The Labute approximate surface area is 223 Å². The number of ketones is 1. The molecule has 7 heteroatoms. The van der Waals surface area contributed by atoms with Gasteiger partial charge in [0.15, 0.2) is 0 Å². The van der Waals surface area contributed by atoms with E-state index in [2.05, 4.69) is 12.2 Å². The molecular formula is C29H61NO5P+. The molecule has 0 aliphatic carbocycles. The van der Waals surface area contributed by atoms with Gasteiger partial charge >= 0.3 is 7.82 Å². The summed E-state index contributed by atoms with van der Waals surface area (Å²) in [6, 6.07) is 0. The number of carbonyl (C=O) groups is 1. The first kappa shape index (κ1) is 35.7. The average molecular weight is 535 g/mol. The number of phosphoric ester groups is 1. The summed E-state index contributed by atoms with van der Waals surface area (Å²) in [5, 5.41) is 2.07. The second-order valence-electron chi connectivity index (χ2n) is 10.6. The molecule has 0 radical (unpaired) electrons. The summed E-state index contributed by atoms with van der Waals surface area (Å²) in [5.41, 5.74) is 0. The molecule has 0 aliphatic rings. The van der Waals surface area contributed by atoms with Gasteiger partial charge in [-0.05, 0) is 25.2 Å². The standard InChI is InChI=1S/C29H60NO5P/c1-4-6-7-8-9-10-11-12-13-14-15-16-17-18-19-20-23-28(26-29(31)5-2)27-35-36(32,33)34-25-22-21-24-30-3/h28,30H,4-27H2,1-3H3,(H,32,33)/p+1. The molecule has 0 rings (SSSR count). The van der Waals surface area contributed by atoms with Gasteiger partial charge in [-0.15, -0.1) is 0 Å². The van der Waals surface area contributed by atoms with Crippen molar-refractivity contribution in [2.45, 2.75) is 149 Å². The molecule has 0 spiro atoms. The Hall–Kier alpha value is -0.260. The fraction of sp³-hybridized carbons (Fsp3) is 0.966. The minimum absolute atomic E-state index is 0.0112. The van der Waals surface area contributed by atoms with E-state index >= 15 is 0 Å².